The molecule has 2 aromatic heterocycles. The fourth-order valence-corrected chi connectivity index (χ4v) is 3.26. The number of methoxy groups -OCH3 is 1. The summed E-state index contributed by atoms with van der Waals surface area (Å²) in [5.74, 6) is 1.47. The third kappa shape index (κ3) is 4.04. The van der Waals surface area contributed by atoms with Gasteiger partial charge in [-0.1, -0.05) is 24.3 Å². The Morgan fingerprint density at radius 3 is 2.80 bits per heavy atom. The third-order valence-corrected chi connectivity index (χ3v) is 4.71. The molecule has 0 saturated carbocycles. The molecule has 0 saturated heterocycles. The Morgan fingerprint density at radius 1 is 1.13 bits per heavy atom. The number of hydrogen-bond acceptors (Lipinski definition) is 7. The summed E-state index contributed by atoms with van der Waals surface area (Å²) >= 11 is 5.94. The van der Waals surface area contributed by atoms with Crippen LogP contribution < -0.4 is 15.2 Å². The lowest BCUT2D eigenvalue weighted by atomic mass is 10.1. The molecule has 30 heavy (non-hydrogen) atoms. The maximum Gasteiger partial charge on any atom is 0.226 e. The van der Waals surface area contributed by atoms with Crippen LogP contribution in [0.1, 0.15) is 21.5 Å². The second-order valence-electron chi connectivity index (χ2n) is 6.55. The molecule has 0 aliphatic heterocycles. The van der Waals surface area contributed by atoms with Gasteiger partial charge < -0.3 is 15.2 Å². The van der Waals surface area contributed by atoms with E-state index in [0.29, 0.717) is 41.2 Å². The average molecular weight is 424 g/mol. The SMILES string of the molecule is COc1ccc(Cn2ncc3c(N)nc(Cl)nc32)cc1OCc1cccc(C=O)c1. The molecule has 9 heteroatoms. The van der Waals surface area contributed by atoms with Crippen molar-refractivity contribution in [3.05, 3.63) is 70.6 Å². The molecule has 4 aromatic rings. The maximum absolute atomic E-state index is 11.0. The molecular formula is C21H18ClN5O3. The van der Waals surface area contributed by atoms with Crippen molar-refractivity contribution in [3.63, 3.8) is 0 Å². The second-order valence-corrected chi connectivity index (χ2v) is 6.89. The largest absolute Gasteiger partial charge is 0.493 e. The molecule has 0 bridgehead atoms. The first-order valence-corrected chi connectivity index (χ1v) is 9.43. The normalized spacial score (nSPS) is 10.9. The van der Waals surface area contributed by atoms with E-state index in [2.05, 4.69) is 15.1 Å². The van der Waals surface area contributed by atoms with E-state index in [-0.39, 0.29) is 11.1 Å². The molecular weight excluding hydrogens is 406 g/mol. The smallest absolute Gasteiger partial charge is 0.226 e. The van der Waals surface area contributed by atoms with Gasteiger partial charge in [-0.25, -0.2) is 9.67 Å². The number of aromatic nitrogens is 4. The van der Waals surface area contributed by atoms with Crippen molar-refractivity contribution in [2.45, 2.75) is 13.2 Å². The van der Waals surface area contributed by atoms with Crippen LogP contribution in [-0.2, 0) is 13.2 Å². The lowest BCUT2D eigenvalue weighted by Crippen LogP contribution is -2.05. The van der Waals surface area contributed by atoms with Gasteiger partial charge >= 0.3 is 0 Å². The summed E-state index contributed by atoms with van der Waals surface area (Å²) in [6.45, 7) is 0.725. The lowest BCUT2D eigenvalue weighted by Gasteiger charge is -2.13. The summed E-state index contributed by atoms with van der Waals surface area (Å²) in [5, 5.41) is 5.05. The van der Waals surface area contributed by atoms with Crippen LogP contribution in [0.15, 0.2) is 48.7 Å². The molecule has 0 spiro atoms. The fraction of sp³-hybridized carbons (Fsp3) is 0.143. The minimum Gasteiger partial charge on any atom is -0.493 e. The quantitative estimate of drug-likeness (QED) is 0.358. The number of ether oxygens (including phenoxy) is 2. The zero-order valence-corrected chi connectivity index (χ0v) is 16.8. The number of nitrogens with zero attached hydrogens (tertiary/aromatic N) is 4. The third-order valence-electron chi connectivity index (χ3n) is 4.54. The number of hydrogen-bond donors (Lipinski definition) is 1. The van der Waals surface area contributed by atoms with E-state index in [1.165, 1.54) is 0 Å². The Labute approximate surface area is 177 Å². The summed E-state index contributed by atoms with van der Waals surface area (Å²) in [4.78, 5) is 19.1. The van der Waals surface area contributed by atoms with Crippen LogP contribution in [0.2, 0.25) is 5.28 Å². The van der Waals surface area contributed by atoms with E-state index in [1.807, 2.05) is 30.3 Å². The van der Waals surface area contributed by atoms with E-state index in [4.69, 9.17) is 26.8 Å². The number of nitrogen functional groups attached to an aromatic ring is 1. The van der Waals surface area contributed by atoms with E-state index in [9.17, 15) is 4.79 Å². The molecule has 0 fully saturated rings. The molecule has 0 aliphatic carbocycles. The number of halogens is 1. The topological polar surface area (TPSA) is 105 Å². The number of fused-ring (bicyclic) bond motifs is 1. The Bertz CT molecular complexity index is 1220. The van der Waals surface area contributed by atoms with E-state index < -0.39 is 0 Å². The van der Waals surface area contributed by atoms with Gasteiger partial charge in [-0.2, -0.15) is 10.1 Å². The number of carbonyl (C=O) groups is 1. The first kappa shape index (κ1) is 19.7. The predicted molar refractivity (Wildman–Crippen MR) is 113 cm³/mol. The summed E-state index contributed by atoms with van der Waals surface area (Å²) in [7, 11) is 1.58. The maximum atomic E-state index is 11.0. The van der Waals surface area contributed by atoms with Crippen molar-refractivity contribution in [2.24, 2.45) is 0 Å². The Hall–Kier alpha value is -3.65. The van der Waals surface area contributed by atoms with E-state index >= 15 is 0 Å². The average Bonchev–Trinajstić information content (AvgIpc) is 3.15. The van der Waals surface area contributed by atoms with Gasteiger partial charge in [-0.15, -0.1) is 0 Å². The van der Waals surface area contributed by atoms with Crippen molar-refractivity contribution in [3.8, 4) is 11.5 Å². The van der Waals surface area contributed by atoms with Crippen LogP contribution in [0.25, 0.3) is 11.0 Å². The van der Waals surface area contributed by atoms with Crippen LogP contribution in [0.3, 0.4) is 0 Å². The van der Waals surface area contributed by atoms with Crippen molar-refractivity contribution < 1.29 is 14.3 Å². The summed E-state index contributed by atoms with van der Waals surface area (Å²) in [6.07, 6.45) is 2.42. The van der Waals surface area contributed by atoms with Gasteiger partial charge in [-0.3, -0.25) is 4.79 Å². The van der Waals surface area contributed by atoms with Crippen LogP contribution >= 0.6 is 11.6 Å². The Kier molecular flexibility index (Phi) is 5.49. The molecule has 8 nitrogen and oxygen atoms in total. The molecule has 4 rings (SSSR count). The van der Waals surface area contributed by atoms with Gasteiger partial charge in [0, 0.05) is 5.56 Å². The standard InChI is InChI=1S/C21H18ClN5O3/c1-29-17-6-5-13(8-18(17)30-12-15-4-2-3-14(7-15)11-28)10-27-20-16(9-24-27)19(23)25-21(22)26-20/h2-9,11H,10,12H2,1H3,(H2,23,25,26). The van der Waals surface area contributed by atoms with Gasteiger partial charge in [0.05, 0.1) is 25.2 Å². The van der Waals surface area contributed by atoms with Gasteiger partial charge in [0.25, 0.3) is 0 Å². The lowest BCUT2D eigenvalue weighted by molar-refractivity contribution is 0.112. The monoisotopic (exact) mass is 423 g/mol. The molecule has 0 unspecified atom stereocenters. The highest BCUT2D eigenvalue weighted by molar-refractivity contribution is 6.28. The Balaban J connectivity index is 1.59. The summed E-state index contributed by atoms with van der Waals surface area (Å²) in [5.41, 5.74) is 8.85. The molecule has 2 N–H and O–H groups in total. The minimum atomic E-state index is 0.0676. The zero-order chi connectivity index (χ0) is 21.1. The van der Waals surface area contributed by atoms with Crippen LogP contribution in [0, 0.1) is 0 Å². The van der Waals surface area contributed by atoms with Crippen molar-refractivity contribution in [1.82, 2.24) is 19.7 Å². The number of rotatable bonds is 7. The number of anilines is 1. The van der Waals surface area contributed by atoms with Crippen molar-refractivity contribution in [2.75, 3.05) is 12.8 Å². The van der Waals surface area contributed by atoms with Crippen LogP contribution in [0.4, 0.5) is 5.82 Å². The second kappa shape index (κ2) is 8.38. The van der Waals surface area contributed by atoms with Gasteiger partial charge in [-0.05, 0) is 40.9 Å². The fourth-order valence-electron chi connectivity index (χ4n) is 3.09. The van der Waals surface area contributed by atoms with Crippen molar-refractivity contribution >= 4 is 34.7 Å². The highest BCUT2D eigenvalue weighted by Gasteiger charge is 2.12. The number of aldehydes is 1. The highest BCUT2D eigenvalue weighted by atomic mass is 35.5. The van der Waals surface area contributed by atoms with Gasteiger partial charge in [0.1, 0.15) is 18.7 Å². The van der Waals surface area contributed by atoms with Gasteiger partial charge in [0.15, 0.2) is 17.1 Å². The predicted octanol–water partition coefficient (Wildman–Crippen LogP) is 3.51. The van der Waals surface area contributed by atoms with Crippen molar-refractivity contribution in [1.29, 1.82) is 0 Å². The molecule has 0 aliphatic rings. The summed E-state index contributed by atoms with van der Waals surface area (Å²) in [6, 6.07) is 12.9. The molecule has 0 amide bonds. The minimum absolute atomic E-state index is 0.0676. The molecule has 152 valence electrons. The number of benzene rings is 2. The molecule has 0 atom stereocenters. The first-order valence-electron chi connectivity index (χ1n) is 9.05. The first-order chi connectivity index (χ1) is 14.6. The summed E-state index contributed by atoms with van der Waals surface area (Å²) < 4.78 is 13.1. The van der Waals surface area contributed by atoms with Crippen LogP contribution in [-0.4, -0.2) is 33.1 Å². The number of carbonyl (C=O) groups excluding carboxylic acids is 1. The zero-order valence-electron chi connectivity index (χ0n) is 16.1. The van der Waals surface area contributed by atoms with E-state index in [0.717, 1.165) is 17.4 Å². The molecule has 2 heterocycles. The Morgan fingerprint density at radius 2 is 2.00 bits per heavy atom. The van der Waals surface area contributed by atoms with E-state index in [1.54, 1.807) is 30.1 Å². The highest BCUT2D eigenvalue weighted by Crippen LogP contribution is 2.30. The van der Waals surface area contributed by atoms with Gasteiger partial charge in [0.2, 0.25) is 5.28 Å². The molecule has 0 radical (unpaired) electrons. The van der Waals surface area contributed by atoms with Crippen LogP contribution in [0.5, 0.6) is 11.5 Å². The molecule has 2 aromatic carbocycles. The number of nitrogens with two attached hydrogens (primary N) is 1.